The van der Waals surface area contributed by atoms with Crippen LogP contribution in [0, 0.1) is 0 Å². The SMILES string of the molecule is CCN1CCN(C2CCN(C(=O)Nc3cnc(C4CC4)nc3)C2)CC1. The average Bonchev–Trinajstić information content (AvgIpc) is 3.38. The molecule has 2 amide bonds. The van der Waals surface area contributed by atoms with Crippen LogP contribution in [0.2, 0.25) is 0 Å². The first kappa shape index (κ1) is 16.7. The quantitative estimate of drug-likeness (QED) is 0.899. The van der Waals surface area contributed by atoms with E-state index in [4.69, 9.17) is 0 Å². The molecule has 7 nitrogen and oxygen atoms in total. The molecular formula is C18H28N6O. The van der Waals surface area contributed by atoms with Crippen molar-refractivity contribution in [2.24, 2.45) is 0 Å². The number of likely N-dealkylation sites (tertiary alicyclic amines) is 1. The minimum atomic E-state index is -0.0301. The molecule has 1 aromatic rings. The number of anilines is 1. The first-order valence-electron chi connectivity index (χ1n) is 9.57. The van der Waals surface area contributed by atoms with Crippen LogP contribution in [0.4, 0.5) is 10.5 Å². The number of carbonyl (C=O) groups excluding carboxylic acids is 1. The van der Waals surface area contributed by atoms with Crippen molar-refractivity contribution in [3.63, 3.8) is 0 Å². The van der Waals surface area contributed by atoms with Crippen LogP contribution < -0.4 is 5.32 Å². The van der Waals surface area contributed by atoms with Crippen molar-refractivity contribution in [2.75, 3.05) is 51.1 Å². The van der Waals surface area contributed by atoms with E-state index in [2.05, 4.69) is 32.0 Å². The monoisotopic (exact) mass is 344 g/mol. The number of amides is 2. The number of hydrogen-bond donors (Lipinski definition) is 1. The molecular weight excluding hydrogens is 316 g/mol. The van der Waals surface area contributed by atoms with Gasteiger partial charge in [0.25, 0.3) is 0 Å². The van der Waals surface area contributed by atoms with E-state index in [0.717, 1.165) is 58.1 Å². The van der Waals surface area contributed by atoms with Crippen LogP contribution in [-0.4, -0.2) is 82.6 Å². The van der Waals surface area contributed by atoms with Gasteiger partial charge in [-0.15, -0.1) is 0 Å². The van der Waals surface area contributed by atoms with E-state index < -0.39 is 0 Å². The van der Waals surface area contributed by atoms with Crippen molar-refractivity contribution < 1.29 is 4.79 Å². The van der Waals surface area contributed by atoms with Crippen LogP contribution in [0.25, 0.3) is 0 Å². The lowest BCUT2D eigenvalue weighted by atomic mass is 10.2. The molecule has 0 aromatic carbocycles. The lowest BCUT2D eigenvalue weighted by Gasteiger charge is -2.37. The Balaban J connectivity index is 1.27. The highest BCUT2D eigenvalue weighted by Gasteiger charge is 2.32. The summed E-state index contributed by atoms with van der Waals surface area (Å²) in [6.45, 7) is 9.51. The zero-order valence-electron chi connectivity index (χ0n) is 15.0. The Morgan fingerprint density at radius 2 is 1.84 bits per heavy atom. The molecule has 2 aliphatic heterocycles. The summed E-state index contributed by atoms with van der Waals surface area (Å²) in [5, 5.41) is 2.95. The maximum Gasteiger partial charge on any atom is 0.321 e. The number of nitrogens with zero attached hydrogens (tertiary/aromatic N) is 5. The third kappa shape index (κ3) is 3.93. The summed E-state index contributed by atoms with van der Waals surface area (Å²) in [5.74, 6) is 1.45. The van der Waals surface area contributed by atoms with Crippen LogP contribution in [0.3, 0.4) is 0 Å². The van der Waals surface area contributed by atoms with Crippen LogP contribution in [-0.2, 0) is 0 Å². The number of piperazine rings is 1. The van der Waals surface area contributed by atoms with Crippen molar-refractivity contribution in [2.45, 2.75) is 38.1 Å². The van der Waals surface area contributed by atoms with Gasteiger partial charge in [0.1, 0.15) is 5.82 Å². The van der Waals surface area contributed by atoms with Gasteiger partial charge in [0.05, 0.1) is 18.1 Å². The predicted molar refractivity (Wildman–Crippen MR) is 96.7 cm³/mol. The summed E-state index contributed by atoms with van der Waals surface area (Å²) < 4.78 is 0. The summed E-state index contributed by atoms with van der Waals surface area (Å²) >= 11 is 0. The molecule has 1 N–H and O–H groups in total. The first-order valence-corrected chi connectivity index (χ1v) is 9.57. The van der Waals surface area contributed by atoms with Gasteiger partial charge in [-0.05, 0) is 25.8 Å². The number of likely N-dealkylation sites (N-methyl/N-ethyl adjacent to an activating group) is 1. The van der Waals surface area contributed by atoms with E-state index in [1.165, 1.54) is 12.8 Å². The van der Waals surface area contributed by atoms with E-state index in [-0.39, 0.29) is 6.03 Å². The van der Waals surface area contributed by atoms with Crippen molar-refractivity contribution in [1.82, 2.24) is 24.7 Å². The van der Waals surface area contributed by atoms with Gasteiger partial charge in [0.2, 0.25) is 0 Å². The minimum absolute atomic E-state index is 0.0301. The zero-order valence-corrected chi connectivity index (χ0v) is 15.0. The molecule has 1 aromatic heterocycles. The molecule has 7 heteroatoms. The highest BCUT2D eigenvalue weighted by molar-refractivity contribution is 5.89. The molecule has 1 unspecified atom stereocenters. The zero-order chi connectivity index (χ0) is 17.2. The lowest BCUT2D eigenvalue weighted by molar-refractivity contribution is 0.103. The maximum atomic E-state index is 12.5. The maximum absolute atomic E-state index is 12.5. The van der Waals surface area contributed by atoms with E-state index >= 15 is 0 Å². The highest BCUT2D eigenvalue weighted by Crippen LogP contribution is 2.37. The third-order valence-electron chi connectivity index (χ3n) is 5.69. The van der Waals surface area contributed by atoms with Gasteiger partial charge in [0.15, 0.2) is 0 Å². The topological polar surface area (TPSA) is 64.6 Å². The molecule has 3 heterocycles. The van der Waals surface area contributed by atoms with Gasteiger partial charge in [0, 0.05) is 51.2 Å². The van der Waals surface area contributed by atoms with E-state index in [0.29, 0.717) is 17.6 Å². The Kier molecular flexibility index (Phi) is 4.85. The second kappa shape index (κ2) is 7.25. The highest BCUT2D eigenvalue weighted by atomic mass is 16.2. The fourth-order valence-electron chi connectivity index (χ4n) is 3.83. The summed E-state index contributed by atoms with van der Waals surface area (Å²) in [6.07, 6.45) is 6.91. The Morgan fingerprint density at radius 3 is 2.48 bits per heavy atom. The number of hydrogen-bond acceptors (Lipinski definition) is 5. The first-order chi connectivity index (χ1) is 12.2. The van der Waals surface area contributed by atoms with Crippen molar-refractivity contribution in [1.29, 1.82) is 0 Å². The van der Waals surface area contributed by atoms with E-state index in [9.17, 15) is 4.79 Å². The van der Waals surface area contributed by atoms with Gasteiger partial charge >= 0.3 is 6.03 Å². The number of rotatable bonds is 4. The fraction of sp³-hybridized carbons (Fsp3) is 0.722. The lowest BCUT2D eigenvalue weighted by Crippen LogP contribution is -2.51. The van der Waals surface area contributed by atoms with Crippen LogP contribution >= 0.6 is 0 Å². The summed E-state index contributed by atoms with van der Waals surface area (Å²) in [6, 6.07) is 0.468. The van der Waals surface area contributed by atoms with Crippen molar-refractivity contribution >= 4 is 11.7 Å². The Hall–Kier alpha value is -1.73. The Bertz CT molecular complexity index is 594. The molecule has 0 spiro atoms. The largest absolute Gasteiger partial charge is 0.323 e. The normalized spacial score (nSPS) is 25.3. The number of nitrogens with one attached hydrogen (secondary N) is 1. The molecule has 1 atom stereocenters. The second-order valence-electron chi connectivity index (χ2n) is 7.39. The van der Waals surface area contributed by atoms with Gasteiger partial charge in [-0.3, -0.25) is 4.90 Å². The van der Waals surface area contributed by atoms with Crippen LogP contribution in [0.1, 0.15) is 37.9 Å². The molecule has 2 saturated heterocycles. The van der Waals surface area contributed by atoms with Crippen LogP contribution in [0.15, 0.2) is 12.4 Å². The smallest absolute Gasteiger partial charge is 0.321 e. The Labute approximate surface area is 149 Å². The van der Waals surface area contributed by atoms with Gasteiger partial charge in [-0.1, -0.05) is 6.92 Å². The molecule has 1 aliphatic carbocycles. The summed E-state index contributed by atoms with van der Waals surface area (Å²) in [7, 11) is 0. The van der Waals surface area contributed by atoms with Gasteiger partial charge in [-0.25, -0.2) is 14.8 Å². The number of carbonyl (C=O) groups is 1. The second-order valence-corrected chi connectivity index (χ2v) is 7.39. The van der Waals surface area contributed by atoms with Crippen LogP contribution in [0.5, 0.6) is 0 Å². The molecule has 136 valence electrons. The standard InChI is InChI=1S/C18H28N6O/c1-2-22-7-9-23(10-8-22)16-5-6-24(13-16)18(25)21-15-11-19-17(20-12-15)14-3-4-14/h11-12,14,16H,2-10,13H2,1H3,(H,21,25). The molecule has 1 saturated carbocycles. The van der Waals surface area contributed by atoms with Crippen molar-refractivity contribution in [3.05, 3.63) is 18.2 Å². The molecule has 3 aliphatic rings. The molecule has 4 rings (SSSR count). The Morgan fingerprint density at radius 1 is 1.12 bits per heavy atom. The van der Waals surface area contributed by atoms with E-state index in [1.54, 1.807) is 12.4 Å². The molecule has 0 bridgehead atoms. The van der Waals surface area contributed by atoms with Crippen molar-refractivity contribution in [3.8, 4) is 0 Å². The molecule has 25 heavy (non-hydrogen) atoms. The predicted octanol–water partition coefficient (Wildman–Crippen LogP) is 1.60. The molecule has 3 fully saturated rings. The number of aromatic nitrogens is 2. The summed E-state index contributed by atoms with van der Waals surface area (Å²) in [5.41, 5.74) is 0.689. The third-order valence-corrected chi connectivity index (χ3v) is 5.69. The van der Waals surface area contributed by atoms with Gasteiger partial charge in [-0.2, -0.15) is 0 Å². The average molecular weight is 344 g/mol. The fourth-order valence-corrected chi connectivity index (χ4v) is 3.83. The van der Waals surface area contributed by atoms with Gasteiger partial charge < -0.3 is 15.1 Å². The minimum Gasteiger partial charge on any atom is -0.323 e. The molecule has 0 radical (unpaired) electrons. The summed E-state index contributed by atoms with van der Waals surface area (Å²) in [4.78, 5) is 28.2. The van der Waals surface area contributed by atoms with E-state index in [1.807, 2.05) is 4.90 Å². The number of urea groups is 1.